The lowest BCUT2D eigenvalue weighted by Crippen LogP contribution is -2.28. The van der Waals surface area contributed by atoms with Gasteiger partial charge in [0.05, 0.1) is 12.9 Å². The highest BCUT2D eigenvalue weighted by molar-refractivity contribution is 7.99. The number of carbonyl (C=O) groups is 1. The summed E-state index contributed by atoms with van der Waals surface area (Å²) in [5.74, 6) is 2.05. The van der Waals surface area contributed by atoms with E-state index in [2.05, 4.69) is 56.5 Å². The highest BCUT2D eigenvalue weighted by Gasteiger charge is 2.17. The Morgan fingerprint density at radius 2 is 1.85 bits per heavy atom. The molecule has 0 aliphatic rings. The predicted molar refractivity (Wildman–Crippen MR) is 137 cm³/mol. The number of methoxy groups -OCH3 is 1. The Balaban J connectivity index is 1.43. The summed E-state index contributed by atoms with van der Waals surface area (Å²) in [6, 6.07) is 22.3. The van der Waals surface area contributed by atoms with Crippen molar-refractivity contribution in [3.63, 3.8) is 0 Å². The van der Waals surface area contributed by atoms with E-state index in [0.717, 1.165) is 41.7 Å². The standard InChI is InChI=1S/C26H28N4O2S2/c1-29(18-21-11-6-7-13-23(21)32-2)25(31)19-34-26-28-27-24(17-22-12-8-16-33-22)30(26)15-14-20-9-4-3-5-10-20/h3-13,16H,14-15,17-19H2,1-2H3. The molecule has 2 aromatic heterocycles. The maximum absolute atomic E-state index is 12.9. The summed E-state index contributed by atoms with van der Waals surface area (Å²) >= 11 is 3.16. The van der Waals surface area contributed by atoms with Crippen LogP contribution in [0.25, 0.3) is 0 Å². The minimum Gasteiger partial charge on any atom is -0.496 e. The minimum atomic E-state index is 0.0355. The Morgan fingerprint density at radius 3 is 2.62 bits per heavy atom. The number of aryl methyl sites for hydroxylation is 1. The second-order valence-corrected chi connectivity index (χ2v) is 9.87. The molecule has 2 heterocycles. The van der Waals surface area contributed by atoms with Gasteiger partial charge in [-0.2, -0.15) is 0 Å². The molecule has 0 bridgehead atoms. The number of aromatic nitrogens is 3. The van der Waals surface area contributed by atoms with E-state index >= 15 is 0 Å². The van der Waals surface area contributed by atoms with E-state index in [0.29, 0.717) is 12.3 Å². The molecule has 8 heteroatoms. The first-order chi connectivity index (χ1) is 16.6. The second-order valence-electron chi connectivity index (χ2n) is 7.89. The molecule has 0 aliphatic carbocycles. The normalized spacial score (nSPS) is 10.9. The first-order valence-corrected chi connectivity index (χ1v) is 13.0. The quantitative estimate of drug-likeness (QED) is 0.278. The molecule has 0 aliphatic heterocycles. The molecule has 0 unspecified atom stereocenters. The average Bonchev–Trinajstić information content (AvgIpc) is 3.52. The molecule has 0 spiro atoms. The van der Waals surface area contributed by atoms with Gasteiger partial charge in [0.1, 0.15) is 11.6 Å². The van der Waals surface area contributed by atoms with Crippen molar-refractivity contribution in [1.29, 1.82) is 0 Å². The molecule has 0 radical (unpaired) electrons. The Morgan fingerprint density at radius 1 is 1.06 bits per heavy atom. The van der Waals surface area contributed by atoms with Gasteiger partial charge in [-0.05, 0) is 29.5 Å². The molecule has 4 aromatic rings. The number of para-hydroxylation sites is 1. The van der Waals surface area contributed by atoms with Crippen LogP contribution in [0.15, 0.2) is 77.3 Å². The maximum atomic E-state index is 12.9. The van der Waals surface area contributed by atoms with Crippen molar-refractivity contribution in [3.05, 3.63) is 93.9 Å². The average molecular weight is 493 g/mol. The highest BCUT2D eigenvalue weighted by Crippen LogP contribution is 2.23. The van der Waals surface area contributed by atoms with Crippen LogP contribution in [0.4, 0.5) is 0 Å². The number of hydrogen-bond acceptors (Lipinski definition) is 6. The molecule has 0 saturated carbocycles. The third-order valence-corrected chi connectivity index (χ3v) is 7.35. The topological polar surface area (TPSA) is 60.2 Å². The van der Waals surface area contributed by atoms with Gasteiger partial charge in [0.15, 0.2) is 5.16 Å². The van der Waals surface area contributed by atoms with Crippen molar-refractivity contribution in [3.8, 4) is 5.75 Å². The molecule has 176 valence electrons. The maximum Gasteiger partial charge on any atom is 0.233 e. The summed E-state index contributed by atoms with van der Waals surface area (Å²) in [6.45, 7) is 1.26. The third-order valence-electron chi connectivity index (χ3n) is 5.52. The molecule has 34 heavy (non-hydrogen) atoms. The summed E-state index contributed by atoms with van der Waals surface area (Å²) in [7, 11) is 3.46. The van der Waals surface area contributed by atoms with E-state index in [-0.39, 0.29) is 5.91 Å². The molecule has 0 saturated heterocycles. The summed E-state index contributed by atoms with van der Waals surface area (Å²) in [5.41, 5.74) is 2.25. The summed E-state index contributed by atoms with van der Waals surface area (Å²) in [6.07, 6.45) is 1.62. The Labute approximate surface area is 208 Å². The zero-order chi connectivity index (χ0) is 23.8. The molecule has 0 atom stereocenters. The number of carbonyl (C=O) groups excluding carboxylic acids is 1. The summed E-state index contributed by atoms with van der Waals surface area (Å²) < 4.78 is 7.57. The number of benzene rings is 2. The Kier molecular flexibility index (Phi) is 8.38. The first-order valence-electron chi connectivity index (χ1n) is 11.1. The van der Waals surface area contributed by atoms with E-state index in [9.17, 15) is 4.79 Å². The van der Waals surface area contributed by atoms with Gasteiger partial charge >= 0.3 is 0 Å². The molecular formula is C26H28N4O2S2. The number of hydrogen-bond donors (Lipinski definition) is 0. The molecule has 4 rings (SSSR count). The van der Waals surface area contributed by atoms with Crippen LogP contribution in [-0.4, -0.2) is 45.5 Å². The number of nitrogens with zero attached hydrogens (tertiary/aromatic N) is 4. The van der Waals surface area contributed by atoms with Gasteiger partial charge in [-0.1, -0.05) is 66.4 Å². The molecule has 6 nitrogen and oxygen atoms in total. The number of thiophene rings is 1. The fourth-order valence-corrected chi connectivity index (χ4v) is 5.27. The third kappa shape index (κ3) is 6.27. The highest BCUT2D eigenvalue weighted by atomic mass is 32.2. The lowest BCUT2D eigenvalue weighted by Gasteiger charge is -2.18. The number of ether oxygens (including phenoxy) is 1. The predicted octanol–water partition coefficient (Wildman–Crippen LogP) is 4.93. The van der Waals surface area contributed by atoms with Crippen LogP contribution >= 0.6 is 23.1 Å². The van der Waals surface area contributed by atoms with Crippen molar-refractivity contribution in [2.24, 2.45) is 0 Å². The van der Waals surface area contributed by atoms with Gasteiger partial charge in [0.2, 0.25) is 5.91 Å². The zero-order valence-corrected chi connectivity index (χ0v) is 21.0. The van der Waals surface area contributed by atoms with E-state index < -0.39 is 0 Å². The van der Waals surface area contributed by atoms with Crippen LogP contribution in [0.5, 0.6) is 5.75 Å². The van der Waals surface area contributed by atoms with Crippen LogP contribution in [0.1, 0.15) is 21.8 Å². The lowest BCUT2D eigenvalue weighted by molar-refractivity contribution is -0.127. The molecular weight excluding hydrogens is 464 g/mol. The SMILES string of the molecule is COc1ccccc1CN(C)C(=O)CSc1nnc(Cc2cccs2)n1CCc1ccccc1. The van der Waals surface area contributed by atoms with Crippen LogP contribution < -0.4 is 4.74 Å². The van der Waals surface area contributed by atoms with Gasteiger partial charge in [-0.3, -0.25) is 4.79 Å². The Bertz CT molecular complexity index is 1190. The monoisotopic (exact) mass is 492 g/mol. The van der Waals surface area contributed by atoms with Crippen molar-refractivity contribution < 1.29 is 9.53 Å². The van der Waals surface area contributed by atoms with Crippen molar-refractivity contribution in [2.45, 2.75) is 31.1 Å². The van der Waals surface area contributed by atoms with Crippen LogP contribution in [0.2, 0.25) is 0 Å². The zero-order valence-electron chi connectivity index (χ0n) is 19.4. The lowest BCUT2D eigenvalue weighted by atomic mass is 10.1. The van der Waals surface area contributed by atoms with Crippen molar-refractivity contribution in [2.75, 3.05) is 19.9 Å². The van der Waals surface area contributed by atoms with E-state index in [1.807, 2.05) is 37.4 Å². The van der Waals surface area contributed by atoms with Crippen molar-refractivity contribution in [1.82, 2.24) is 19.7 Å². The van der Waals surface area contributed by atoms with E-state index in [1.54, 1.807) is 23.3 Å². The second kappa shape index (κ2) is 11.9. The summed E-state index contributed by atoms with van der Waals surface area (Å²) in [4.78, 5) is 15.9. The van der Waals surface area contributed by atoms with Gasteiger partial charge in [-0.15, -0.1) is 21.5 Å². The largest absolute Gasteiger partial charge is 0.496 e. The molecule has 0 fully saturated rings. The fourth-order valence-electron chi connectivity index (χ4n) is 3.65. The minimum absolute atomic E-state index is 0.0355. The van der Waals surface area contributed by atoms with Crippen molar-refractivity contribution >= 4 is 29.0 Å². The number of amides is 1. The van der Waals surface area contributed by atoms with E-state index in [4.69, 9.17) is 4.74 Å². The smallest absolute Gasteiger partial charge is 0.233 e. The van der Waals surface area contributed by atoms with Gasteiger partial charge in [0, 0.05) is 37.0 Å². The first kappa shape index (κ1) is 24.0. The number of rotatable bonds is 11. The summed E-state index contributed by atoms with van der Waals surface area (Å²) in [5, 5.41) is 11.8. The van der Waals surface area contributed by atoms with Crippen LogP contribution in [0, 0.1) is 0 Å². The molecule has 2 aromatic carbocycles. The van der Waals surface area contributed by atoms with Crippen LogP contribution in [0.3, 0.4) is 0 Å². The Hall–Kier alpha value is -3.10. The van der Waals surface area contributed by atoms with E-state index in [1.165, 1.54) is 22.2 Å². The van der Waals surface area contributed by atoms with Crippen LogP contribution in [-0.2, 0) is 30.7 Å². The molecule has 0 N–H and O–H groups in total. The fraction of sp³-hybridized carbons (Fsp3) is 0.269. The molecule has 1 amide bonds. The number of thioether (sulfide) groups is 1. The van der Waals surface area contributed by atoms with Gasteiger partial charge in [0.25, 0.3) is 0 Å². The van der Waals surface area contributed by atoms with Gasteiger partial charge in [-0.25, -0.2) is 0 Å². The van der Waals surface area contributed by atoms with Gasteiger partial charge < -0.3 is 14.2 Å².